The molecule has 1 aromatic rings. The maximum atomic E-state index is 11.6. The molecule has 0 unspecified atom stereocenters. The molecular weight excluding hydrogens is 302 g/mol. The Hall–Kier alpha value is -2.17. The van der Waals surface area contributed by atoms with Crippen molar-refractivity contribution in [3.8, 4) is 0 Å². The van der Waals surface area contributed by atoms with Gasteiger partial charge in [-0.15, -0.1) is 0 Å². The Labute approximate surface area is 144 Å². The molecule has 2 amide bonds. The normalized spacial score (nSPS) is 10.7. The first-order valence-electron chi connectivity index (χ1n) is 8.86. The first-order valence-corrected chi connectivity index (χ1v) is 8.86. The van der Waals surface area contributed by atoms with E-state index in [1.165, 1.54) is 32.1 Å². The molecule has 5 heteroatoms. The summed E-state index contributed by atoms with van der Waals surface area (Å²) in [4.78, 5) is 23.2. The van der Waals surface area contributed by atoms with E-state index in [4.69, 9.17) is 0 Å². The molecule has 0 fully saturated rings. The fraction of sp³-hybridized carbons (Fsp3) is 0.526. The van der Waals surface area contributed by atoms with Crippen LogP contribution >= 0.6 is 0 Å². The van der Waals surface area contributed by atoms with Crippen molar-refractivity contribution in [3.63, 3.8) is 0 Å². The van der Waals surface area contributed by atoms with Crippen LogP contribution in [0.5, 0.6) is 0 Å². The highest BCUT2D eigenvalue weighted by atomic mass is 16.2. The number of nitrogens with one attached hydrogen (secondary N) is 2. The first kappa shape index (κ1) is 19.9. The van der Waals surface area contributed by atoms with E-state index >= 15 is 0 Å². The van der Waals surface area contributed by atoms with Crippen molar-refractivity contribution in [2.45, 2.75) is 58.3 Å². The Balaban J connectivity index is 2.03. The number of hydrogen-bond acceptors (Lipinski definition) is 3. The fourth-order valence-corrected chi connectivity index (χ4v) is 2.27. The number of hydrazone groups is 1. The molecule has 0 aliphatic heterocycles. The summed E-state index contributed by atoms with van der Waals surface area (Å²) in [7, 11) is 0. The molecule has 24 heavy (non-hydrogen) atoms. The fourth-order valence-electron chi connectivity index (χ4n) is 2.27. The molecule has 2 N–H and O–H groups in total. The maximum Gasteiger partial charge on any atom is 0.259 e. The van der Waals surface area contributed by atoms with Crippen LogP contribution in [0.4, 0.5) is 0 Å². The Bertz CT molecular complexity index is 501. The summed E-state index contributed by atoms with van der Waals surface area (Å²) >= 11 is 0. The molecule has 5 nitrogen and oxygen atoms in total. The van der Waals surface area contributed by atoms with Gasteiger partial charge in [-0.1, -0.05) is 75.8 Å². The van der Waals surface area contributed by atoms with Gasteiger partial charge in [0, 0.05) is 6.42 Å². The van der Waals surface area contributed by atoms with E-state index in [1.807, 2.05) is 30.3 Å². The zero-order valence-electron chi connectivity index (χ0n) is 14.6. The molecule has 0 saturated carbocycles. The molecule has 0 heterocycles. The molecule has 0 aromatic heterocycles. The van der Waals surface area contributed by atoms with Gasteiger partial charge in [-0.05, 0) is 12.0 Å². The summed E-state index contributed by atoms with van der Waals surface area (Å²) in [5, 5.41) is 6.47. The summed E-state index contributed by atoms with van der Waals surface area (Å²) in [6, 6.07) is 9.48. The number of nitrogens with zero attached hydrogens (tertiary/aromatic N) is 1. The van der Waals surface area contributed by atoms with Crippen LogP contribution < -0.4 is 10.7 Å². The smallest absolute Gasteiger partial charge is 0.259 e. The summed E-state index contributed by atoms with van der Waals surface area (Å²) in [6.07, 6.45) is 10.3. The van der Waals surface area contributed by atoms with Crippen molar-refractivity contribution in [2.75, 3.05) is 6.54 Å². The van der Waals surface area contributed by atoms with Crippen LogP contribution in [0, 0.1) is 0 Å². The van der Waals surface area contributed by atoms with Crippen LogP contribution in [0.15, 0.2) is 35.4 Å². The summed E-state index contributed by atoms with van der Waals surface area (Å²) < 4.78 is 0. The van der Waals surface area contributed by atoms with Crippen LogP contribution in [0.25, 0.3) is 0 Å². The van der Waals surface area contributed by atoms with E-state index in [0.717, 1.165) is 18.4 Å². The van der Waals surface area contributed by atoms with Gasteiger partial charge < -0.3 is 5.32 Å². The minimum atomic E-state index is -0.324. The van der Waals surface area contributed by atoms with E-state index in [9.17, 15) is 9.59 Å². The second-order valence-corrected chi connectivity index (χ2v) is 5.85. The number of carbonyl (C=O) groups is 2. The minimum absolute atomic E-state index is 0.0402. The molecule has 0 spiro atoms. The molecule has 0 atom stereocenters. The largest absolute Gasteiger partial charge is 0.347 e. The number of amides is 2. The second-order valence-electron chi connectivity index (χ2n) is 5.85. The lowest BCUT2D eigenvalue weighted by Crippen LogP contribution is -2.34. The van der Waals surface area contributed by atoms with Crippen LogP contribution in [0.3, 0.4) is 0 Å². The van der Waals surface area contributed by atoms with Crippen LogP contribution in [0.1, 0.15) is 63.9 Å². The number of benzene rings is 1. The van der Waals surface area contributed by atoms with Gasteiger partial charge in [0.2, 0.25) is 5.91 Å². The minimum Gasteiger partial charge on any atom is -0.347 e. The van der Waals surface area contributed by atoms with Crippen molar-refractivity contribution in [1.82, 2.24) is 10.7 Å². The van der Waals surface area contributed by atoms with Gasteiger partial charge in [0.25, 0.3) is 5.91 Å². The molecule has 132 valence electrons. The third-order valence-corrected chi connectivity index (χ3v) is 3.66. The summed E-state index contributed by atoms with van der Waals surface area (Å²) in [5.74, 6) is -0.402. The van der Waals surface area contributed by atoms with E-state index in [0.29, 0.717) is 6.42 Å². The standard InChI is InChI=1S/C19H29N3O2/c1-2-3-4-5-6-7-11-14-18(23)20-16-19(24)22-21-15-17-12-9-8-10-13-17/h8-10,12-13,15H,2-7,11,14,16H2,1H3,(H,20,23)(H,22,24)/b21-15-. The Morgan fingerprint density at radius 1 is 0.958 bits per heavy atom. The van der Waals surface area contributed by atoms with Gasteiger partial charge in [0.05, 0.1) is 12.8 Å². The van der Waals surface area contributed by atoms with Crippen LogP contribution in [-0.4, -0.2) is 24.6 Å². The Morgan fingerprint density at radius 3 is 2.33 bits per heavy atom. The SMILES string of the molecule is CCCCCCCCCC(=O)NCC(=O)N/N=C\c1ccccc1. The van der Waals surface area contributed by atoms with Gasteiger partial charge in [0.1, 0.15) is 0 Å². The highest BCUT2D eigenvalue weighted by Crippen LogP contribution is 2.08. The molecule has 0 bridgehead atoms. The van der Waals surface area contributed by atoms with Gasteiger partial charge in [0.15, 0.2) is 0 Å². The van der Waals surface area contributed by atoms with Crippen LogP contribution in [0.2, 0.25) is 0 Å². The van der Waals surface area contributed by atoms with Gasteiger partial charge in [-0.2, -0.15) is 5.10 Å². The second kappa shape index (κ2) is 13.3. The Morgan fingerprint density at radius 2 is 1.62 bits per heavy atom. The van der Waals surface area contributed by atoms with Crippen molar-refractivity contribution in [1.29, 1.82) is 0 Å². The van der Waals surface area contributed by atoms with Crippen molar-refractivity contribution >= 4 is 18.0 Å². The maximum absolute atomic E-state index is 11.6. The average Bonchev–Trinajstić information content (AvgIpc) is 2.60. The molecular formula is C19H29N3O2. The molecule has 0 aliphatic rings. The number of rotatable bonds is 12. The predicted octanol–water partition coefficient (Wildman–Crippen LogP) is 3.39. The molecule has 1 aromatic carbocycles. The van der Waals surface area contributed by atoms with E-state index in [-0.39, 0.29) is 18.4 Å². The van der Waals surface area contributed by atoms with E-state index in [2.05, 4.69) is 22.8 Å². The van der Waals surface area contributed by atoms with Gasteiger partial charge >= 0.3 is 0 Å². The highest BCUT2D eigenvalue weighted by molar-refractivity contribution is 5.86. The monoisotopic (exact) mass is 331 g/mol. The predicted molar refractivity (Wildman–Crippen MR) is 97.8 cm³/mol. The van der Waals surface area contributed by atoms with E-state index < -0.39 is 0 Å². The zero-order chi connectivity index (χ0) is 17.5. The molecule has 0 radical (unpaired) electrons. The number of unbranched alkanes of at least 4 members (excludes halogenated alkanes) is 6. The van der Waals surface area contributed by atoms with Crippen molar-refractivity contribution in [3.05, 3.63) is 35.9 Å². The van der Waals surface area contributed by atoms with Crippen molar-refractivity contribution in [2.24, 2.45) is 5.10 Å². The molecule has 1 rings (SSSR count). The highest BCUT2D eigenvalue weighted by Gasteiger charge is 2.04. The topological polar surface area (TPSA) is 70.6 Å². The van der Waals surface area contributed by atoms with Gasteiger partial charge in [-0.25, -0.2) is 5.43 Å². The van der Waals surface area contributed by atoms with E-state index in [1.54, 1.807) is 6.21 Å². The van der Waals surface area contributed by atoms with Crippen LogP contribution in [-0.2, 0) is 9.59 Å². The average molecular weight is 331 g/mol. The summed E-state index contributed by atoms with van der Waals surface area (Å²) in [6.45, 7) is 2.16. The summed E-state index contributed by atoms with van der Waals surface area (Å²) in [5.41, 5.74) is 3.30. The first-order chi connectivity index (χ1) is 11.7. The lowest BCUT2D eigenvalue weighted by atomic mass is 10.1. The third kappa shape index (κ3) is 10.5. The molecule has 0 aliphatic carbocycles. The third-order valence-electron chi connectivity index (χ3n) is 3.66. The molecule has 0 saturated heterocycles. The quantitative estimate of drug-likeness (QED) is 0.350. The zero-order valence-corrected chi connectivity index (χ0v) is 14.6. The Kier molecular flexibility index (Phi) is 11.0. The lowest BCUT2D eigenvalue weighted by Gasteiger charge is -2.04. The number of hydrogen-bond donors (Lipinski definition) is 2. The van der Waals surface area contributed by atoms with Gasteiger partial charge in [-0.3, -0.25) is 9.59 Å². The lowest BCUT2D eigenvalue weighted by molar-refractivity contribution is -0.126. The number of carbonyl (C=O) groups excluding carboxylic acids is 2. The van der Waals surface area contributed by atoms with Crippen molar-refractivity contribution < 1.29 is 9.59 Å².